The molecule has 10 heteroatoms. The first kappa shape index (κ1) is 24.2. The zero-order chi connectivity index (χ0) is 26.2. The van der Waals surface area contributed by atoms with Crippen molar-refractivity contribution in [1.29, 1.82) is 0 Å². The van der Waals surface area contributed by atoms with Crippen LogP contribution in [0.15, 0.2) is 47.4 Å². The summed E-state index contributed by atoms with van der Waals surface area (Å²) >= 11 is 6.04. The van der Waals surface area contributed by atoms with Gasteiger partial charge in [-0.3, -0.25) is 5.10 Å². The second-order valence-electron chi connectivity index (χ2n) is 11.7. The molecule has 0 bridgehead atoms. The fraction of sp³-hybridized carbons (Fsp3) is 0.464. The number of likely N-dealkylation sites (tertiary alicyclic amines) is 2. The zero-order valence-electron chi connectivity index (χ0n) is 21.2. The lowest BCUT2D eigenvalue weighted by Gasteiger charge is -2.59. The molecule has 0 unspecified atom stereocenters. The fourth-order valence-electron chi connectivity index (χ4n) is 6.36. The number of carbonyl (C=O) groups is 1. The number of aromatic nitrogens is 3. The molecular weight excluding hydrogens is 522 g/mol. The molecule has 3 aromatic rings. The normalized spacial score (nSPS) is 21.2. The van der Waals surface area contributed by atoms with Gasteiger partial charge in [-0.15, -0.1) is 0 Å². The number of urea groups is 1. The van der Waals surface area contributed by atoms with Crippen molar-refractivity contribution in [1.82, 2.24) is 25.0 Å². The Balaban J connectivity index is 0.921. The van der Waals surface area contributed by atoms with Gasteiger partial charge >= 0.3 is 6.03 Å². The predicted molar refractivity (Wildman–Crippen MR) is 144 cm³/mol. The van der Waals surface area contributed by atoms with E-state index in [1.807, 2.05) is 34.1 Å². The highest BCUT2D eigenvalue weighted by Gasteiger charge is 2.56. The molecular formula is C28H30ClN5O3S. The number of hydrogen-bond acceptors (Lipinski definition) is 5. The van der Waals surface area contributed by atoms with E-state index >= 15 is 0 Å². The summed E-state index contributed by atoms with van der Waals surface area (Å²) in [5.74, 6) is 3.33. The van der Waals surface area contributed by atoms with Gasteiger partial charge in [0.25, 0.3) is 0 Å². The van der Waals surface area contributed by atoms with Gasteiger partial charge in [-0.1, -0.05) is 41.9 Å². The highest BCUT2D eigenvalue weighted by Crippen LogP contribution is 2.56. The van der Waals surface area contributed by atoms with E-state index in [0.29, 0.717) is 41.4 Å². The first-order valence-corrected chi connectivity index (χ1v) is 15.5. The first-order chi connectivity index (χ1) is 18.2. The lowest BCUT2D eigenvalue weighted by Crippen LogP contribution is -2.67. The molecule has 2 saturated carbocycles. The molecule has 1 N–H and O–H groups in total. The maximum Gasteiger partial charge on any atom is 0.320 e. The highest BCUT2D eigenvalue weighted by molar-refractivity contribution is 7.90. The van der Waals surface area contributed by atoms with Gasteiger partial charge in [0, 0.05) is 66.2 Å². The molecule has 3 heterocycles. The monoisotopic (exact) mass is 551 g/mol. The molecule has 2 saturated heterocycles. The number of amides is 2. The third-order valence-corrected chi connectivity index (χ3v) is 10.1. The quantitative estimate of drug-likeness (QED) is 0.491. The molecule has 8 nitrogen and oxygen atoms in total. The van der Waals surface area contributed by atoms with E-state index in [-0.39, 0.29) is 16.3 Å². The Labute approximate surface area is 227 Å². The summed E-state index contributed by atoms with van der Waals surface area (Å²) in [5, 5.41) is 7.96. The molecule has 4 aliphatic rings. The molecule has 38 heavy (non-hydrogen) atoms. The van der Waals surface area contributed by atoms with Crippen LogP contribution >= 0.6 is 11.6 Å². The van der Waals surface area contributed by atoms with Gasteiger partial charge in [0.2, 0.25) is 0 Å². The van der Waals surface area contributed by atoms with Gasteiger partial charge < -0.3 is 9.80 Å². The molecule has 4 fully saturated rings. The van der Waals surface area contributed by atoms with Crippen molar-refractivity contribution in [3.8, 4) is 11.1 Å². The first-order valence-electron chi connectivity index (χ1n) is 13.2. The number of halogens is 1. The van der Waals surface area contributed by atoms with Crippen molar-refractivity contribution in [3.63, 3.8) is 0 Å². The minimum absolute atomic E-state index is 0.139. The molecule has 1 aromatic heterocycles. The Morgan fingerprint density at radius 1 is 1.00 bits per heavy atom. The van der Waals surface area contributed by atoms with Crippen LogP contribution in [0.1, 0.15) is 60.6 Å². The third kappa shape index (κ3) is 4.20. The number of sulfone groups is 1. The van der Waals surface area contributed by atoms with Gasteiger partial charge in [-0.2, -0.15) is 5.10 Å². The maximum atomic E-state index is 13.0. The molecule has 198 valence electrons. The number of benzene rings is 2. The number of hydrogen-bond donors (Lipinski definition) is 1. The number of H-pyrrole nitrogens is 1. The summed E-state index contributed by atoms with van der Waals surface area (Å²) in [4.78, 5) is 21.9. The van der Waals surface area contributed by atoms with E-state index in [9.17, 15) is 13.2 Å². The molecule has 0 atom stereocenters. The number of nitrogens with one attached hydrogen (secondary N) is 1. The van der Waals surface area contributed by atoms with Gasteiger partial charge in [0.15, 0.2) is 15.7 Å². The Hall–Kier alpha value is -2.91. The standard InChI is InChI=1S/C28H30ClN5O3S/c1-38(36,37)24-10-22(29)8-9-23(24)18-4-2-17(3-5-18)21-13-33(14-21)27(35)34-15-28(16-34)11-20(12-28)26-30-25(31-32-26)19-6-7-19/h2-5,8-10,19-21H,6-7,11-16H2,1H3,(H,30,31,32). The number of rotatable bonds is 5. The molecule has 1 spiro atoms. The van der Waals surface area contributed by atoms with Crippen LogP contribution in [0.5, 0.6) is 0 Å². The van der Waals surface area contributed by atoms with Crippen LogP contribution in [0.25, 0.3) is 11.1 Å². The van der Waals surface area contributed by atoms with Gasteiger partial charge in [0.05, 0.1) is 4.90 Å². The van der Waals surface area contributed by atoms with E-state index in [1.165, 1.54) is 25.2 Å². The molecule has 7 rings (SSSR count). The summed E-state index contributed by atoms with van der Waals surface area (Å²) < 4.78 is 24.5. The Morgan fingerprint density at radius 2 is 1.71 bits per heavy atom. The second-order valence-corrected chi connectivity index (χ2v) is 14.2. The Kier molecular flexibility index (Phi) is 5.43. The summed E-state index contributed by atoms with van der Waals surface area (Å²) in [6.45, 7) is 3.09. The highest BCUT2D eigenvalue weighted by atomic mass is 35.5. The van der Waals surface area contributed by atoms with Crippen molar-refractivity contribution < 1.29 is 13.2 Å². The molecule has 2 aliphatic carbocycles. The van der Waals surface area contributed by atoms with Crippen LogP contribution in [0, 0.1) is 5.41 Å². The lowest BCUT2D eigenvalue weighted by atomic mass is 9.57. The van der Waals surface area contributed by atoms with Crippen LogP contribution in [0.3, 0.4) is 0 Å². The average molecular weight is 552 g/mol. The fourth-order valence-corrected chi connectivity index (χ4v) is 7.52. The largest absolute Gasteiger partial charge is 0.323 e. The third-order valence-electron chi connectivity index (χ3n) is 8.72. The summed E-state index contributed by atoms with van der Waals surface area (Å²) in [6, 6.07) is 13.1. The number of carbonyl (C=O) groups excluding carboxylic acids is 1. The minimum Gasteiger partial charge on any atom is -0.323 e. The average Bonchev–Trinajstić information content (AvgIpc) is 3.54. The van der Waals surface area contributed by atoms with Crippen molar-refractivity contribution >= 4 is 27.5 Å². The van der Waals surface area contributed by atoms with E-state index in [1.54, 1.807) is 12.1 Å². The molecule has 2 amide bonds. The van der Waals surface area contributed by atoms with E-state index < -0.39 is 9.84 Å². The van der Waals surface area contributed by atoms with Gasteiger partial charge in [-0.05, 0) is 48.9 Å². The van der Waals surface area contributed by atoms with Crippen molar-refractivity contribution in [2.45, 2.75) is 48.3 Å². The number of aromatic amines is 1. The Morgan fingerprint density at radius 3 is 2.37 bits per heavy atom. The van der Waals surface area contributed by atoms with E-state index in [0.717, 1.165) is 48.7 Å². The van der Waals surface area contributed by atoms with Gasteiger partial charge in [-0.25, -0.2) is 18.2 Å². The SMILES string of the molecule is CS(=O)(=O)c1cc(Cl)ccc1-c1ccc(C2CN(C(=O)N3CC4(CC(c5n[nH]c(C6CC6)n5)C4)C3)C2)cc1. The van der Waals surface area contributed by atoms with Crippen LogP contribution in [0.2, 0.25) is 5.02 Å². The molecule has 2 aliphatic heterocycles. The Bertz CT molecular complexity index is 1510. The minimum atomic E-state index is -3.41. The van der Waals surface area contributed by atoms with Gasteiger partial charge in [0.1, 0.15) is 5.82 Å². The van der Waals surface area contributed by atoms with E-state index in [4.69, 9.17) is 16.6 Å². The van der Waals surface area contributed by atoms with Crippen LogP contribution in [0.4, 0.5) is 4.79 Å². The smallest absolute Gasteiger partial charge is 0.320 e. The maximum absolute atomic E-state index is 13.0. The van der Waals surface area contributed by atoms with Crippen LogP contribution in [-0.4, -0.2) is 71.9 Å². The van der Waals surface area contributed by atoms with Crippen LogP contribution < -0.4 is 0 Å². The van der Waals surface area contributed by atoms with Crippen LogP contribution in [-0.2, 0) is 9.84 Å². The summed E-state index contributed by atoms with van der Waals surface area (Å²) in [7, 11) is -3.41. The summed E-state index contributed by atoms with van der Waals surface area (Å²) in [5.41, 5.74) is 2.89. The molecule has 2 aromatic carbocycles. The predicted octanol–water partition coefficient (Wildman–Crippen LogP) is 4.80. The molecule has 0 radical (unpaired) electrons. The van der Waals surface area contributed by atoms with Crippen molar-refractivity contribution in [2.24, 2.45) is 5.41 Å². The van der Waals surface area contributed by atoms with E-state index in [2.05, 4.69) is 10.2 Å². The summed E-state index contributed by atoms with van der Waals surface area (Å²) in [6.07, 6.45) is 5.78. The number of nitrogens with zero attached hydrogens (tertiary/aromatic N) is 4. The zero-order valence-corrected chi connectivity index (χ0v) is 22.8. The second kappa shape index (κ2) is 8.55. The topological polar surface area (TPSA) is 99.3 Å². The van der Waals surface area contributed by atoms with Crippen molar-refractivity contribution in [3.05, 3.63) is 64.7 Å². The van der Waals surface area contributed by atoms with Crippen molar-refractivity contribution in [2.75, 3.05) is 32.4 Å². The lowest BCUT2D eigenvalue weighted by molar-refractivity contribution is -0.0601.